The highest BCUT2D eigenvalue weighted by Gasteiger charge is 2.15. The van der Waals surface area contributed by atoms with Gasteiger partial charge >= 0.3 is 0 Å². The molecule has 0 aliphatic carbocycles. The Kier molecular flexibility index (Phi) is 7.26. The Morgan fingerprint density at radius 1 is 1.07 bits per heavy atom. The second-order valence-electron chi connectivity index (χ2n) is 5.63. The zero-order valence-corrected chi connectivity index (χ0v) is 15.8. The zero-order valence-electron chi connectivity index (χ0n) is 15.0. The standard InChI is InChI=1S/C15H17N5O2.CH4O3S/c1-19(2)14(22)11-7-10(13(21)18-15(16)17)8-12(9-11)20-5-3-4-6-20;1-5(2,3)4/h3-9H,1-2H3,(H4,16,17,18,21);1H3,(H,2,3,4). The van der Waals surface area contributed by atoms with Crippen LogP contribution in [-0.4, -0.2) is 60.6 Å². The van der Waals surface area contributed by atoms with Crippen LogP contribution in [0.25, 0.3) is 5.69 Å². The Bertz CT molecular complexity index is 938. The molecule has 1 aromatic heterocycles. The number of rotatable bonds is 3. The Morgan fingerprint density at radius 3 is 2.00 bits per heavy atom. The number of aromatic nitrogens is 1. The van der Waals surface area contributed by atoms with Gasteiger partial charge in [0.1, 0.15) is 0 Å². The van der Waals surface area contributed by atoms with Crippen LogP contribution < -0.4 is 11.5 Å². The van der Waals surface area contributed by atoms with Crippen LogP contribution in [-0.2, 0) is 10.1 Å². The second-order valence-corrected chi connectivity index (χ2v) is 7.10. The third-order valence-electron chi connectivity index (χ3n) is 2.95. The van der Waals surface area contributed by atoms with Crippen molar-refractivity contribution >= 4 is 27.9 Å². The highest BCUT2D eigenvalue weighted by Crippen LogP contribution is 2.17. The normalized spacial score (nSPS) is 10.4. The lowest BCUT2D eigenvalue weighted by molar-refractivity contribution is 0.0827. The molecule has 2 rings (SSSR count). The number of nitrogens with two attached hydrogens (primary N) is 2. The van der Waals surface area contributed by atoms with Gasteiger partial charge in [0.05, 0.1) is 6.26 Å². The molecule has 0 saturated heterocycles. The molecule has 10 nitrogen and oxygen atoms in total. The van der Waals surface area contributed by atoms with Crippen molar-refractivity contribution in [3.8, 4) is 5.69 Å². The van der Waals surface area contributed by atoms with Gasteiger partial charge in [-0.1, -0.05) is 0 Å². The molecule has 2 aromatic rings. The van der Waals surface area contributed by atoms with Gasteiger partial charge in [0, 0.05) is 43.3 Å². The van der Waals surface area contributed by atoms with E-state index in [1.54, 1.807) is 30.8 Å². The Morgan fingerprint density at radius 2 is 1.56 bits per heavy atom. The topological polar surface area (TPSA) is 161 Å². The van der Waals surface area contributed by atoms with Gasteiger partial charge in [0.2, 0.25) is 0 Å². The maximum atomic E-state index is 12.2. The third kappa shape index (κ3) is 7.71. The monoisotopic (exact) mass is 395 g/mol. The van der Waals surface area contributed by atoms with Gasteiger partial charge in [-0.2, -0.15) is 13.4 Å². The minimum atomic E-state index is -3.67. The summed E-state index contributed by atoms with van der Waals surface area (Å²) in [6.45, 7) is 0. The molecule has 0 fully saturated rings. The molecule has 1 heterocycles. The SMILES string of the molecule is CN(C)C(=O)c1cc(C(=O)N=C(N)N)cc(-n2cccc2)c1.CS(=O)(=O)O. The van der Waals surface area contributed by atoms with Gasteiger partial charge in [-0.25, -0.2) is 0 Å². The van der Waals surface area contributed by atoms with Gasteiger partial charge in [-0.05, 0) is 30.3 Å². The molecule has 27 heavy (non-hydrogen) atoms. The predicted octanol–water partition coefficient (Wildman–Crippen LogP) is 0.0967. The summed E-state index contributed by atoms with van der Waals surface area (Å²) in [5, 5.41) is 0. The molecule has 0 aliphatic heterocycles. The van der Waals surface area contributed by atoms with Crippen LogP contribution in [0.2, 0.25) is 0 Å². The number of hydrogen-bond donors (Lipinski definition) is 3. The van der Waals surface area contributed by atoms with E-state index in [1.165, 1.54) is 11.0 Å². The molecule has 0 saturated carbocycles. The number of amides is 2. The molecule has 11 heteroatoms. The van der Waals surface area contributed by atoms with E-state index in [0.717, 1.165) is 0 Å². The quantitative estimate of drug-likeness (QED) is 0.377. The minimum Gasteiger partial charge on any atom is -0.370 e. The van der Waals surface area contributed by atoms with Crippen molar-refractivity contribution in [3.05, 3.63) is 53.9 Å². The number of aliphatic imine (C=N–C) groups is 1. The molecular weight excluding hydrogens is 374 g/mol. The fourth-order valence-corrected chi connectivity index (χ4v) is 1.95. The van der Waals surface area contributed by atoms with Crippen LogP contribution >= 0.6 is 0 Å². The number of guanidine groups is 1. The number of nitrogens with zero attached hydrogens (tertiary/aromatic N) is 3. The number of hydrogen-bond acceptors (Lipinski definition) is 4. The summed E-state index contributed by atoms with van der Waals surface area (Å²) in [7, 11) is -0.385. The largest absolute Gasteiger partial charge is 0.370 e. The third-order valence-corrected chi connectivity index (χ3v) is 2.95. The molecule has 0 unspecified atom stereocenters. The Labute approximate surface area is 156 Å². The molecule has 2 amide bonds. The predicted molar refractivity (Wildman–Crippen MR) is 101 cm³/mol. The fourth-order valence-electron chi connectivity index (χ4n) is 1.95. The van der Waals surface area contributed by atoms with Crippen LogP contribution in [0.4, 0.5) is 0 Å². The molecule has 0 radical (unpaired) electrons. The van der Waals surface area contributed by atoms with Crippen molar-refractivity contribution in [2.75, 3.05) is 20.4 Å². The summed E-state index contributed by atoms with van der Waals surface area (Å²) < 4.78 is 27.7. The van der Waals surface area contributed by atoms with Crippen molar-refractivity contribution in [1.29, 1.82) is 0 Å². The summed E-state index contributed by atoms with van der Waals surface area (Å²) >= 11 is 0. The van der Waals surface area contributed by atoms with E-state index in [2.05, 4.69) is 4.99 Å². The summed E-state index contributed by atoms with van der Waals surface area (Å²) in [5.41, 5.74) is 11.8. The molecule has 0 atom stereocenters. The summed E-state index contributed by atoms with van der Waals surface area (Å²) in [6, 6.07) is 8.50. The summed E-state index contributed by atoms with van der Waals surface area (Å²) in [5.74, 6) is -1.13. The maximum absolute atomic E-state index is 12.2. The lowest BCUT2D eigenvalue weighted by Gasteiger charge is -2.13. The zero-order chi connectivity index (χ0) is 20.8. The second kappa shape index (κ2) is 8.96. The Balaban J connectivity index is 0.000000646. The molecule has 0 aliphatic rings. The first-order valence-electron chi connectivity index (χ1n) is 7.45. The van der Waals surface area contributed by atoms with E-state index in [4.69, 9.17) is 16.0 Å². The smallest absolute Gasteiger partial charge is 0.280 e. The van der Waals surface area contributed by atoms with Gasteiger partial charge in [-0.3, -0.25) is 14.1 Å². The van der Waals surface area contributed by atoms with Crippen molar-refractivity contribution in [3.63, 3.8) is 0 Å². The van der Waals surface area contributed by atoms with Crippen molar-refractivity contribution < 1.29 is 22.6 Å². The molecule has 0 spiro atoms. The number of carbonyl (C=O) groups excluding carboxylic acids is 2. The Hall–Kier alpha value is -3.18. The molecule has 146 valence electrons. The van der Waals surface area contributed by atoms with E-state index < -0.39 is 16.0 Å². The highest BCUT2D eigenvalue weighted by molar-refractivity contribution is 7.85. The molecular formula is C16H21N5O5S. The lowest BCUT2D eigenvalue weighted by Crippen LogP contribution is -2.25. The van der Waals surface area contributed by atoms with Crippen molar-refractivity contribution in [2.24, 2.45) is 16.5 Å². The molecule has 5 N–H and O–H groups in total. The van der Waals surface area contributed by atoms with Crippen LogP contribution in [0, 0.1) is 0 Å². The van der Waals surface area contributed by atoms with Crippen LogP contribution in [0.1, 0.15) is 20.7 Å². The number of carbonyl (C=O) groups is 2. The summed E-state index contributed by atoms with van der Waals surface area (Å²) in [6.07, 6.45) is 4.34. The average molecular weight is 395 g/mol. The van der Waals surface area contributed by atoms with Gasteiger partial charge in [0.25, 0.3) is 21.9 Å². The van der Waals surface area contributed by atoms with Gasteiger partial charge < -0.3 is 20.9 Å². The van der Waals surface area contributed by atoms with E-state index >= 15 is 0 Å². The van der Waals surface area contributed by atoms with Crippen molar-refractivity contribution in [1.82, 2.24) is 9.47 Å². The molecule has 1 aromatic carbocycles. The van der Waals surface area contributed by atoms with Gasteiger partial charge in [-0.15, -0.1) is 0 Å². The van der Waals surface area contributed by atoms with Crippen LogP contribution in [0.15, 0.2) is 47.7 Å². The van der Waals surface area contributed by atoms with Crippen LogP contribution in [0.3, 0.4) is 0 Å². The van der Waals surface area contributed by atoms with E-state index in [0.29, 0.717) is 17.5 Å². The molecule has 0 bridgehead atoms. The fraction of sp³-hybridized carbons (Fsp3) is 0.188. The first kappa shape index (κ1) is 21.9. The minimum absolute atomic E-state index is 0.215. The highest BCUT2D eigenvalue weighted by atomic mass is 32.2. The number of benzene rings is 1. The lowest BCUT2D eigenvalue weighted by atomic mass is 10.1. The first-order chi connectivity index (χ1) is 12.4. The van der Waals surface area contributed by atoms with Crippen molar-refractivity contribution in [2.45, 2.75) is 0 Å². The van der Waals surface area contributed by atoms with E-state index in [9.17, 15) is 18.0 Å². The van der Waals surface area contributed by atoms with E-state index in [1.807, 2.05) is 24.5 Å². The van der Waals surface area contributed by atoms with Gasteiger partial charge in [0.15, 0.2) is 5.96 Å². The van der Waals surface area contributed by atoms with Crippen LogP contribution in [0.5, 0.6) is 0 Å². The maximum Gasteiger partial charge on any atom is 0.280 e. The van der Waals surface area contributed by atoms with E-state index in [-0.39, 0.29) is 17.4 Å². The first-order valence-corrected chi connectivity index (χ1v) is 9.30. The summed E-state index contributed by atoms with van der Waals surface area (Å²) in [4.78, 5) is 29.2. The average Bonchev–Trinajstić information content (AvgIpc) is 3.05.